The van der Waals surface area contributed by atoms with Crippen LogP contribution in [0.15, 0.2) is 24.3 Å². The maximum absolute atomic E-state index is 10.4. The van der Waals surface area contributed by atoms with Crippen molar-refractivity contribution in [1.82, 2.24) is 0 Å². The second kappa shape index (κ2) is 5.46. The van der Waals surface area contributed by atoms with Gasteiger partial charge in [-0.3, -0.25) is 0 Å². The van der Waals surface area contributed by atoms with Gasteiger partial charge in [0.05, 0.1) is 5.60 Å². The molecule has 1 aromatic rings. The van der Waals surface area contributed by atoms with Crippen molar-refractivity contribution < 1.29 is 9.84 Å². The van der Waals surface area contributed by atoms with E-state index < -0.39 is 11.7 Å². The Bertz CT molecular complexity index is 304. The molecular weight excluding hydrogens is 200 g/mol. The molecule has 0 heterocycles. The van der Waals surface area contributed by atoms with Gasteiger partial charge in [-0.25, -0.2) is 0 Å². The second-order valence-corrected chi connectivity index (χ2v) is 4.29. The summed E-state index contributed by atoms with van der Waals surface area (Å²) in [5, 5.41) is 10.4. The zero-order chi connectivity index (χ0) is 12.2. The fourth-order valence-corrected chi connectivity index (χ4v) is 2.09. The van der Waals surface area contributed by atoms with Gasteiger partial charge in [0, 0.05) is 7.11 Å². The lowest BCUT2D eigenvalue weighted by molar-refractivity contribution is -0.109. The molecule has 0 radical (unpaired) electrons. The summed E-state index contributed by atoms with van der Waals surface area (Å²) in [4.78, 5) is 0. The predicted octanol–water partition coefficient (Wildman–Crippen LogP) is 3.23. The summed E-state index contributed by atoms with van der Waals surface area (Å²) in [7, 11) is 1.67. The van der Waals surface area contributed by atoms with Crippen molar-refractivity contribution in [2.75, 3.05) is 7.11 Å². The van der Waals surface area contributed by atoms with E-state index in [0.717, 1.165) is 18.4 Å². The molecule has 0 spiro atoms. The normalized spacial score (nSPS) is 13.8. The molecule has 2 nitrogen and oxygen atoms in total. The lowest BCUT2D eigenvalue weighted by Gasteiger charge is -2.35. The third kappa shape index (κ3) is 2.45. The standard InChI is InChI=1S/C14H22O2/c1-5-14(6-2,16-4)13(15)12-9-7-11(3)8-10-12/h7-10,13,15H,5-6H2,1-4H3. The number of rotatable bonds is 5. The van der Waals surface area contributed by atoms with Crippen molar-refractivity contribution in [3.05, 3.63) is 35.4 Å². The molecule has 0 aliphatic heterocycles. The van der Waals surface area contributed by atoms with Gasteiger partial charge in [0.15, 0.2) is 0 Å². The van der Waals surface area contributed by atoms with Crippen LogP contribution in [-0.2, 0) is 4.74 Å². The Morgan fingerprint density at radius 3 is 2.06 bits per heavy atom. The summed E-state index contributed by atoms with van der Waals surface area (Å²) >= 11 is 0. The third-order valence-corrected chi connectivity index (χ3v) is 3.49. The van der Waals surface area contributed by atoms with E-state index in [1.165, 1.54) is 5.56 Å². The first kappa shape index (κ1) is 13.2. The van der Waals surface area contributed by atoms with Crippen LogP contribution < -0.4 is 0 Å². The summed E-state index contributed by atoms with van der Waals surface area (Å²) in [6, 6.07) is 7.98. The van der Waals surface area contributed by atoms with Gasteiger partial charge in [0.2, 0.25) is 0 Å². The lowest BCUT2D eigenvalue weighted by Crippen LogP contribution is -2.37. The molecule has 1 unspecified atom stereocenters. The van der Waals surface area contributed by atoms with Gasteiger partial charge in [-0.1, -0.05) is 43.7 Å². The quantitative estimate of drug-likeness (QED) is 0.828. The minimum absolute atomic E-state index is 0.463. The minimum atomic E-state index is -0.562. The van der Waals surface area contributed by atoms with E-state index in [0.29, 0.717) is 0 Å². The van der Waals surface area contributed by atoms with Gasteiger partial charge in [-0.2, -0.15) is 0 Å². The van der Waals surface area contributed by atoms with E-state index >= 15 is 0 Å². The van der Waals surface area contributed by atoms with E-state index in [2.05, 4.69) is 0 Å². The number of hydrogen-bond acceptors (Lipinski definition) is 2. The Morgan fingerprint density at radius 1 is 1.19 bits per heavy atom. The van der Waals surface area contributed by atoms with Gasteiger partial charge in [0.25, 0.3) is 0 Å². The van der Waals surface area contributed by atoms with Crippen molar-refractivity contribution in [3.63, 3.8) is 0 Å². The Hall–Kier alpha value is -0.860. The van der Waals surface area contributed by atoms with Gasteiger partial charge in [-0.15, -0.1) is 0 Å². The molecule has 90 valence electrons. The molecular formula is C14H22O2. The average Bonchev–Trinajstić information content (AvgIpc) is 2.33. The van der Waals surface area contributed by atoms with E-state index in [9.17, 15) is 5.11 Å². The molecule has 0 aliphatic carbocycles. The number of aliphatic hydroxyl groups excluding tert-OH is 1. The van der Waals surface area contributed by atoms with Crippen LogP contribution in [0.25, 0.3) is 0 Å². The number of aliphatic hydroxyl groups is 1. The summed E-state index contributed by atoms with van der Waals surface area (Å²) in [5.74, 6) is 0. The van der Waals surface area contributed by atoms with Gasteiger partial charge in [0.1, 0.15) is 6.10 Å². The van der Waals surface area contributed by atoms with E-state index in [-0.39, 0.29) is 0 Å². The molecule has 16 heavy (non-hydrogen) atoms. The Kier molecular flexibility index (Phi) is 4.51. The maximum atomic E-state index is 10.4. The molecule has 0 aliphatic rings. The van der Waals surface area contributed by atoms with Crippen LogP contribution >= 0.6 is 0 Å². The van der Waals surface area contributed by atoms with Crippen LogP contribution in [0.3, 0.4) is 0 Å². The minimum Gasteiger partial charge on any atom is -0.385 e. The largest absolute Gasteiger partial charge is 0.385 e. The zero-order valence-electron chi connectivity index (χ0n) is 10.7. The maximum Gasteiger partial charge on any atom is 0.108 e. The lowest BCUT2D eigenvalue weighted by atomic mass is 9.86. The van der Waals surface area contributed by atoms with E-state index in [1.807, 2.05) is 45.0 Å². The number of benzene rings is 1. The molecule has 0 saturated carbocycles. The van der Waals surface area contributed by atoms with Crippen molar-refractivity contribution in [2.24, 2.45) is 0 Å². The van der Waals surface area contributed by atoms with Crippen molar-refractivity contribution in [1.29, 1.82) is 0 Å². The van der Waals surface area contributed by atoms with Crippen LogP contribution in [0.4, 0.5) is 0 Å². The Morgan fingerprint density at radius 2 is 1.69 bits per heavy atom. The number of ether oxygens (including phenoxy) is 1. The predicted molar refractivity (Wildman–Crippen MR) is 66.5 cm³/mol. The Balaban J connectivity index is 2.98. The SMILES string of the molecule is CCC(CC)(OC)C(O)c1ccc(C)cc1. The van der Waals surface area contributed by atoms with Gasteiger partial charge < -0.3 is 9.84 Å². The summed E-state index contributed by atoms with van der Waals surface area (Å²) in [5.41, 5.74) is 1.66. The first-order valence-corrected chi connectivity index (χ1v) is 5.89. The van der Waals surface area contributed by atoms with Crippen LogP contribution in [0.5, 0.6) is 0 Å². The first-order valence-electron chi connectivity index (χ1n) is 5.89. The highest BCUT2D eigenvalue weighted by atomic mass is 16.5. The van der Waals surface area contributed by atoms with Gasteiger partial charge in [-0.05, 0) is 25.3 Å². The molecule has 0 bridgehead atoms. The van der Waals surface area contributed by atoms with E-state index in [4.69, 9.17) is 4.74 Å². The molecule has 0 fully saturated rings. The fraction of sp³-hybridized carbons (Fsp3) is 0.571. The number of aryl methyl sites for hydroxylation is 1. The topological polar surface area (TPSA) is 29.5 Å². The fourth-order valence-electron chi connectivity index (χ4n) is 2.09. The highest BCUT2D eigenvalue weighted by molar-refractivity contribution is 5.25. The second-order valence-electron chi connectivity index (χ2n) is 4.29. The van der Waals surface area contributed by atoms with Gasteiger partial charge >= 0.3 is 0 Å². The Labute approximate surface area is 98.3 Å². The molecule has 0 aromatic heterocycles. The number of hydrogen-bond donors (Lipinski definition) is 1. The molecule has 2 heteroatoms. The molecule has 0 amide bonds. The summed E-state index contributed by atoms with van der Waals surface area (Å²) < 4.78 is 5.53. The molecule has 1 N–H and O–H groups in total. The van der Waals surface area contributed by atoms with Crippen LogP contribution in [-0.4, -0.2) is 17.8 Å². The average molecular weight is 222 g/mol. The zero-order valence-corrected chi connectivity index (χ0v) is 10.7. The molecule has 1 aromatic carbocycles. The van der Waals surface area contributed by atoms with Crippen LogP contribution in [0.1, 0.15) is 43.9 Å². The van der Waals surface area contributed by atoms with Crippen molar-refractivity contribution in [3.8, 4) is 0 Å². The van der Waals surface area contributed by atoms with Crippen molar-refractivity contribution in [2.45, 2.75) is 45.3 Å². The summed E-state index contributed by atoms with van der Waals surface area (Å²) in [6.07, 6.45) is 1.04. The highest BCUT2D eigenvalue weighted by Gasteiger charge is 2.35. The van der Waals surface area contributed by atoms with E-state index in [1.54, 1.807) is 7.11 Å². The van der Waals surface area contributed by atoms with Crippen molar-refractivity contribution >= 4 is 0 Å². The third-order valence-electron chi connectivity index (χ3n) is 3.49. The first-order chi connectivity index (χ1) is 7.59. The smallest absolute Gasteiger partial charge is 0.108 e. The number of methoxy groups -OCH3 is 1. The van der Waals surface area contributed by atoms with Crippen LogP contribution in [0.2, 0.25) is 0 Å². The summed E-state index contributed by atoms with van der Waals surface area (Å²) in [6.45, 7) is 6.13. The molecule has 1 rings (SSSR count). The molecule has 1 atom stereocenters. The van der Waals surface area contributed by atoms with Crippen LogP contribution in [0, 0.1) is 6.92 Å². The highest BCUT2D eigenvalue weighted by Crippen LogP contribution is 2.34. The monoisotopic (exact) mass is 222 g/mol. The molecule has 0 saturated heterocycles.